The molecule has 0 fully saturated rings. The summed E-state index contributed by atoms with van der Waals surface area (Å²) in [4.78, 5) is 0. The fourth-order valence-corrected chi connectivity index (χ4v) is 18.3. The van der Waals surface area contributed by atoms with Gasteiger partial charge in [0.05, 0.1) is 33.1 Å². The number of para-hydroxylation sites is 4. The van der Waals surface area contributed by atoms with E-state index in [2.05, 4.69) is 275 Å². The lowest BCUT2D eigenvalue weighted by Crippen LogP contribution is -2.69. The molecule has 0 aliphatic carbocycles. The molecule has 338 valence electrons. The predicted molar refractivity (Wildman–Crippen MR) is 310 cm³/mol. The average molecular weight is 952 g/mol. The van der Waals surface area contributed by atoms with Crippen molar-refractivity contribution in [3.05, 3.63) is 266 Å². The third-order valence-corrected chi connectivity index (χ3v) is 21.5. The van der Waals surface area contributed by atoms with Gasteiger partial charge in [-0.25, -0.2) is 0 Å². The zero-order chi connectivity index (χ0) is 47.3. The van der Waals surface area contributed by atoms with E-state index in [0.29, 0.717) is 0 Å². The van der Waals surface area contributed by atoms with Gasteiger partial charge >= 0.3 is 0 Å². The first-order valence-electron chi connectivity index (χ1n) is 24.9. The van der Waals surface area contributed by atoms with E-state index in [1.54, 1.807) is 0 Å². The van der Waals surface area contributed by atoms with Crippen molar-refractivity contribution >= 4 is 121 Å². The first-order valence-corrected chi connectivity index (χ1v) is 27.9. The summed E-state index contributed by atoms with van der Waals surface area (Å²) < 4.78 is 10.1. The molecule has 72 heavy (non-hydrogen) atoms. The standard InChI is InChI=1S/C67H45N3SSi/c1-3-21-49(22-4-1)72(50-23-5-2-6-24-50,51-25-18-20-46(41-51)68-59-31-12-7-26-52(59)53-27-8-13-32-60(53)68)44-45-19-17-35-64-67(45)56-30-10-15-34-62(56)70(64)47-37-39-63-57(42-47)54-28-9-14-33-61(54)69(63)48-38-40-66-58(43-48)55-29-11-16-36-65(55)71-66/h1-43H,44H2. The van der Waals surface area contributed by atoms with Crippen LogP contribution >= 0.6 is 11.3 Å². The number of hydrogen-bond acceptors (Lipinski definition) is 1. The minimum absolute atomic E-state index is 0.874. The molecule has 4 heterocycles. The van der Waals surface area contributed by atoms with E-state index in [-0.39, 0.29) is 0 Å². The maximum absolute atomic E-state index is 2.87. The molecule has 0 spiro atoms. The molecule has 0 saturated heterocycles. The van der Waals surface area contributed by atoms with E-state index >= 15 is 0 Å². The number of nitrogens with zero attached hydrogens (tertiary/aromatic N) is 3. The molecule has 0 radical (unpaired) electrons. The summed E-state index contributed by atoms with van der Waals surface area (Å²) in [7, 11) is -2.87. The van der Waals surface area contributed by atoms with Crippen LogP contribution in [-0.2, 0) is 6.04 Å². The van der Waals surface area contributed by atoms with Crippen molar-refractivity contribution in [1.29, 1.82) is 0 Å². The second kappa shape index (κ2) is 16.2. The van der Waals surface area contributed by atoms with Gasteiger partial charge in [-0.1, -0.05) is 176 Å². The van der Waals surface area contributed by atoms with Crippen molar-refractivity contribution in [1.82, 2.24) is 13.7 Å². The molecule has 0 saturated carbocycles. The Morgan fingerprint density at radius 1 is 0.278 bits per heavy atom. The topological polar surface area (TPSA) is 14.8 Å². The molecule has 15 aromatic rings. The molecule has 0 bridgehead atoms. The van der Waals surface area contributed by atoms with Crippen LogP contribution in [0.25, 0.3) is 103 Å². The summed E-state index contributed by atoms with van der Waals surface area (Å²) in [6.07, 6.45) is 0. The van der Waals surface area contributed by atoms with Gasteiger partial charge in [0, 0.05) is 69.6 Å². The van der Waals surface area contributed by atoms with Crippen LogP contribution in [0.3, 0.4) is 0 Å². The monoisotopic (exact) mass is 951 g/mol. The zero-order valence-corrected chi connectivity index (χ0v) is 41.1. The van der Waals surface area contributed by atoms with Crippen LogP contribution in [0.2, 0.25) is 0 Å². The summed E-state index contributed by atoms with van der Waals surface area (Å²) in [5.41, 5.74) is 12.1. The maximum Gasteiger partial charge on any atom is 0.152 e. The molecule has 11 aromatic carbocycles. The summed E-state index contributed by atoms with van der Waals surface area (Å²) in [6.45, 7) is 0. The van der Waals surface area contributed by atoms with Crippen LogP contribution in [0.1, 0.15) is 5.56 Å². The highest BCUT2D eigenvalue weighted by Crippen LogP contribution is 2.41. The minimum Gasteiger partial charge on any atom is -0.309 e. The second-order valence-corrected chi connectivity index (χ2v) is 24.2. The number of fused-ring (bicyclic) bond motifs is 12. The molecule has 15 rings (SSSR count). The minimum atomic E-state index is -2.87. The van der Waals surface area contributed by atoms with Crippen molar-refractivity contribution in [3.63, 3.8) is 0 Å². The van der Waals surface area contributed by atoms with Gasteiger partial charge in [0.2, 0.25) is 0 Å². The lowest BCUT2D eigenvalue weighted by molar-refractivity contribution is 1.17. The van der Waals surface area contributed by atoms with Crippen LogP contribution in [-0.4, -0.2) is 21.8 Å². The van der Waals surface area contributed by atoms with E-state index in [0.717, 1.165) is 11.7 Å². The van der Waals surface area contributed by atoms with Crippen LogP contribution in [0.4, 0.5) is 0 Å². The van der Waals surface area contributed by atoms with E-state index in [4.69, 9.17) is 0 Å². The number of hydrogen-bond donors (Lipinski definition) is 0. The average Bonchev–Trinajstić information content (AvgIpc) is 4.19. The SMILES string of the molecule is c1ccc([Si](Cc2cccc3c2c2ccccc2n3-c2ccc3c(c2)c2ccccc2n3-c2ccc3sc4ccccc4c3c2)(c2ccccc2)c2cccc(-n3c4ccccc4c4ccccc43)c2)cc1. The van der Waals surface area contributed by atoms with Gasteiger partial charge in [-0.15, -0.1) is 11.3 Å². The summed E-state index contributed by atoms with van der Waals surface area (Å²) in [6, 6.07) is 98.8. The Bertz CT molecular complexity index is 4520. The molecule has 0 aliphatic heterocycles. The smallest absolute Gasteiger partial charge is 0.152 e. The van der Waals surface area contributed by atoms with Crippen molar-refractivity contribution < 1.29 is 0 Å². The van der Waals surface area contributed by atoms with Gasteiger partial charge < -0.3 is 13.7 Å². The third kappa shape index (κ3) is 6.08. The van der Waals surface area contributed by atoms with E-state index in [1.165, 1.54) is 118 Å². The predicted octanol–water partition coefficient (Wildman–Crippen LogP) is 15.6. The lowest BCUT2D eigenvalue weighted by Gasteiger charge is -2.34. The molecule has 0 amide bonds. The Morgan fingerprint density at radius 3 is 1.36 bits per heavy atom. The number of aromatic nitrogens is 3. The van der Waals surface area contributed by atoms with Gasteiger partial charge in [-0.2, -0.15) is 0 Å². The second-order valence-electron chi connectivity index (χ2n) is 19.2. The molecular weight excluding hydrogens is 907 g/mol. The van der Waals surface area contributed by atoms with Crippen LogP contribution < -0.4 is 15.6 Å². The Balaban J connectivity index is 0.938. The molecule has 0 aliphatic rings. The van der Waals surface area contributed by atoms with Gasteiger partial charge in [0.25, 0.3) is 0 Å². The number of thiophene rings is 1. The Morgan fingerprint density at radius 2 is 0.708 bits per heavy atom. The maximum atomic E-state index is 2.51. The van der Waals surface area contributed by atoms with Crippen LogP contribution in [0, 0.1) is 0 Å². The van der Waals surface area contributed by atoms with Crippen LogP contribution in [0.15, 0.2) is 261 Å². The third-order valence-electron chi connectivity index (χ3n) is 15.5. The van der Waals surface area contributed by atoms with Crippen molar-refractivity contribution in [2.45, 2.75) is 6.04 Å². The molecular formula is C67H45N3SSi. The van der Waals surface area contributed by atoms with Crippen molar-refractivity contribution in [3.8, 4) is 17.1 Å². The van der Waals surface area contributed by atoms with E-state index in [9.17, 15) is 0 Å². The molecule has 5 heteroatoms. The molecule has 3 nitrogen and oxygen atoms in total. The van der Waals surface area contributed by atoms with Crippen molar-refractivity contribution in [2.75, 3.05) is 0 Å². The summed E-state index contributed by atoms with van der Waals surface area (Å²) in [5.74, 6) is 0. The van der Waals surface area contributed by atoms with Gasteiger partial charge in [-0.05, 0) is 112 Å². The first-order chi connectivity index (χ1) is 35.7. The highest BCUT2D eigenvalue weighted by Gasteiger charge is 2.40. The summed E-state index contributed by atoms with van der Waals surface area (Å²) in [5, 5.41) is 14.4. The quantitative estimate of drug-likeness (QED) is 0.106. The number of rotatable bonds is 8. The Hall–Kier alpha value is -8.74. The Kier molecular flexibility index (Phi) is 9.22. The van der Waals surface area contributed by atoms with E-state index < -0.39 is 8.07 Å². The van der Waals surface area contributed by atoms with Gasteiger partial charge in [-0.3, -0.25) is 0 Å². The highest BCUT2D eigenvalue weighted by atomic mass is 32.1. The molecule has 0 unspecified atom stereocenters. The van der Waals surface area contributed by atoms with Crippen molar-refractivity contribution in [2.24, 2.45) is 0 Å². The summed E-state index contributed by atoms with van der Waals surface area (Å²) >= 11 is 1.87. The largest absolute Gasteiger partial charge is 0.309 e. The Labute approximate surface area is 421 Å². The lowest BCUT2D eigenvalue weighted by atomic mass is 10.1. The fourth-order valence-electron chi connectivity index (χ4n) is 12.4. The fraction of sp³-hybridized carbons (Fsp3) is 0.0149. The molecule has 4 aromatic heterocycles. The van der Waals surface area contributed by atoms with Crippen LogP contribution in [0.5, 0.6) is 0 Å². The van der Waals surface area contributed by atoms with E-state index in [1.807, 2.05) is 11.3 Å². The molecule has 0 N–H and O–H groups in total. The zero-order valence-electron chi connectivity index (χ0n) is 39.3. The first kappa shape index (κ1) is 41.1. The number of benzene rings is 11. The van der Waals surface area contributed by atoms with Gasteiger partial charge in [0.15, 0.2) is 8.07 Å². The van der Waals surface area contributed by atoms with Gasteiger partial charge in [0.1, 0.15) is 0 Å². The molecule has 0 atom stereocenters. The highest BCUT2D eigenvalue weighted by molar-refractivity contribution is 7.25. The normalized spacial score (nSPS) is 12.2.